The van der Waals surface area contributed by atoms with Gasteiger partial charge in [-0.05, 0) is 119 Å². The SMILES string of the molecule is CC(C)C[C@@H]1CC(=O)[C@H](CCCN)NC(=O)[C@H](C(C)C)CC(=O)[C@@H]2CCCN2C(=O)[C@@H](Cc2ccccc2)CC(=O)[C@H](CC(C)C)NC(=O)[C@H](CCCN)CC(=O)[C@H](C(C)C)NC(=O)[C@@H]2CCCN2C(=O)[C@@H](Cc2ccccc2)NC1=O. The number of fused-ring (bicyclic) bond motifs is 2. The number of Topliss-reactive ketones (excluding diaryl/α,β-unsaturated/α-hetero) is 4. The van der Waals surface area contributed by atoms with Crippen molar-refractivity contribution in [1.29, 1.82) is 0 Å². The van der Waals surface area contributed by atoms with Gasteiger partial charge in [-0.1, -0.05) is 116 Å². The molecule has 0 radical (unpaired) electrons. The summed E-state index contributed by atoms with van der Waals surface area (Å²) in [5, 5.41) is 11.9. The van der Waals surface area contributed by atoms with Crippen LogP contribution in [0.15, 0.2) is 60.7 Å². The highest BCUT2D eigenvalue weighted by Gasteiger charge is 2.43. The van der Waals surface area contributed by atoms with E-state index in [1.165, 1.54) is 4.90 Å². The zero-order valence-corrected chi connectivity index (χ0v) is 50.1. The number of rotatable bonds is 16. The molecule has 0 unspecified atom stereocenters. The van der Waals surface area contributed by atoms with Crippen molar-refractivity contribution in [3.8, 4) is 0 Å². The van der Waals surface area contributed by atoms with E-state index in [0.717, 1.165) is 11.1 Å². The van der Waals surface area contributed by atoms with Gasteiger partial charge in [0.25, 0.3) is 0 Å². The van der Waals surface area contributed by atoms with Gasteiger partial charge in [0.05, 0.1) is 24.2 Å². The van der Waals surface area contributed by atoms with Gasteiger partial charge in [-0.25, -0.2) is 0 Å². The second kappa shape index (κ2) is 32.6. The molecule has 3 fully saturated rings. The second-order valence-corrected chi connectivity index (χ2v) is 24.9. The Kier molecular flexibility index (Phi) is 26.5. The summed E-state index contributed by atoms with van der Waals surface area (Å²) in [6.07, 6.45) is 2.54. The molecule has 3 heterocycles. The van der Waals surface area contributed by atoms with Gasteiger partial charge >= 0.3 is 0 Å². The molecule has 3 saturated heterocycles. The highest BCUT2D eigenvalue weighted by atomic mass is 16.2. The lowest BCUT2D eigenvalue weighted by Crippen LogP contribution is -2.57. The van der Waals surface area contributed by atoms with E-state index >= 15 is 4.79 Å². The van der Waals surface area contributed by atoms with Gasteiger partial charge in [-0.15, -0.1) is 0 Å². The van der Waals surface area contributed by atoms with Crippen LogP contribution in [0.25, 0.3) is 0 Å². The van der Waals surface area contributed by atoms with Gasteiger partial charge in [-0.2, -0.15) is 0 Å². The first-order valence-corrected chi connectivity index (χ1v) is 30.4. The Morgan fingerprint density at radius 3 is 1.54 bits per heavy atom. The zero-order chi connectivity index (χ0) is 60.2. The van der Waals surface area contributed by atoms with Crippen LogP contribution in [-0.2, 0) is 60.8 Å². The van der Waals surface area contributed by atoms with Gasteiger partial charge in [0, 0.05) is 68.9 Å². The van der Waals surface area contributed by atoms with E-state index < -0.39 is 107 Å². The Hall–Kier alpha value is -6.14. The van der Waals surface area contributed by atoms with Crippen LogP contribution >= 0.6 is 0 Å². The predicted molar refractivity (Wildman–Crippen MR) is 315 cm³/mol. The standard InChI is InChI=1S/C64H96N8O10/c1-39(2)31-46-36-54(73)49(24-16-28-66)67-61(79)48(41(5)6)38-56(75)52-25-17-29-71(52)63(81)47(33-43-19-11-9-12-20-43)37-55(74)50(32-40(3)4)68-59(77)45(23-15-27-65)35-57(76)58(42(7)8)70-62(80)53-26-18-30-72(53)64(82)51(69-60(46)78)34-44-21-13-10-14-22-44/h9-14,19-22,39-42,45-53,58H,15-18,23-38,65-66H2,1-8H3,(H,67,79)(H,68,77)(H,69,78)(H,70,80)/t45-,46-,47+,48+,49+,50+,51-,52+,53+,58+/m1/s1. The minimum absolute atomic E-state index is 0.0606. The number of nitrogens with zero attached hydrogens (tertiary/aromatic N) is 2. The Morgan fingerprint density at radius 2 is 0.963 bits per heavy atom. The number of carbonyl (C=O) groups excluding carboxylic acids is 10. The second-order valence-electron chi connectivity index (χ2n) is 24.9. The third-order valence-corrected chi connectivity index (χ3v) is 16.6. The Morgan fingerprint density at radius 1 is 0.463 bits per heavy atom. The van der Waals surface area contributed by atoms with E-state index in [1.54, 1.807) is 18.7 Å². The van der Waals surface area contributed by atoms with Crippen LogP contribution in [0.2, 0.25) is 0 Å². The lowest BCUT2D eigenvalue weighted by molar-refractivity contribution is -0.144. The van der Waals surface area contributed by atoms with Crippen LogP contribution in [0.5, 0.6) is 0 Å². The first-order chi connectivity index (χ1) is 39.0. The lowest BCUT2D eigenvalue weighted by atomic mass is 9.85. The third-order valence-electron chi connectivity index (χ3n) is 16.6. The summed E-state index contributed by atoms with van der Waals surface area (Å²) >= 11 is 0. The molecule has 10 atom stereocenters. The average Bonchev–Trinajstić information content (AvgIpc) is 4.16. The van der Waals surface area contributed by atoms with Crippen molar-refractivity contribution in [3.63, 3.8) is 0 Å². The molecule has 0 aromatic heterocycles. The molecule has 2 aromatic rings. The number of benzene rings is 2. The van der Waals surface area contributed by atoms with Crippen molar-refractivity contribution in [2.75, 3.05) is 26.2 Å². The van der Waals surface area contributed by atoms with Gasteiger partial charge in [0.2, 0.25) is 35.4 Å². The largest absolute Gasteiger partial charge is 0.346 e. The van der Waals surface area contributed by atoms with Crippen LogP contribution < -0.4 is 32.7 Å². The van der Waals surface area contributed by atoms with Crippen LogP contribution in [0.4, 0.5) is 0 Å². The highest BCUT2D eigenvalue weighted by Crippen LogP contribution is 2.30. The first kappa shape index (κ1) is 66.7. The molecule has 0 bridgehead atoms. The fraction of sp³-hybridized carbons (Fsp3) is 0.656. The van der Waals surface area contributed by atoms with Crippen LogP contribution in [0.3, 0.4) is 0 Å². The molecule has 0 saturated carbocycles. The molecule has 18 nitrogen and oxygen atoms in total. The molecule has 6 amide bonds. The van der Waals surface area contributed by atoms with Crippen LogP contribution in [-0.4, -0.2) is 131 Å². The molecule has 82 heavy (non-hydrogen) atoms. The molecule has 2 aromatic carbocycles. The first-order valence-electron chi connectivity index (χ1n) is 30.4. The van der Waals surface area contributed by atoms with E-state index in [-0.39, 0.29) is 132 Å². The van der Waals surface area contributed by atoms with E-state index in [9.17, 15) is 43.2 Å². The van der Waals surface area contributed by atoms with Crippen molar-refractivity contribution in [1.82, 2.24) is 31.1 Å². The Bertz CT molecular complexity index is 2320. The lowest BCUT2D eigenvalue weighted by Gasteiger charge is -2.32. The van der Waals surface area contributed by atoms with Gasteiger partial charge in [0.1, 0.15) is 12.1 Å². The van der Waals surface area contributed by atoms with Crippen LogP contribution in [0.1, 0.15) is 156 Å². The molecule has 3 aliphatic rings. The van der Waals surface area contributed by atoms with Crippen molar-refractivity contribution >= 4 is 58.6 Å². The topological polar surface area (TPSA) is 277 Å². The van der Waals surface area contributed by atoms with Crippen molar-refractivity contribution in [3.05, 3.63) is 71.8 Å². The summed E-state index contributed by atoms with van der Waals surface area (Å²) in [5.74, 6) is -9.09. The number of ketones is 4. The minimum Gasteiger partial charge on any atom is -0.346 e. The molecule has 452 valence electrons. The number of hydrogen-bond acceptors (Lipinski definition) is 12. The van der Waals surface area contributed by atoms with Crippen molar-refractivity contribution < 1.29 is 47.9 Å². The van der Waals surface area contributed by atoms with Crippen molar-refractivity contribution in [2.45, 2.75) is 194 Å². The molecule has 0 spiro atoms. The molecule has 18 heteroatoms. The number of nitrogens with two attached hydrogens (primary N) is 2. The summed E-state index contributed by atoms with van der Waals surface area (Å²) in [5.41, 5.74) is 13.5. The normalized spacial score (nSPS) is 27.0. The summed E-state index contributed by atoms with van der Waals surface area (Å²) in [4.78, 5) is 150. The quantitative estimate of drug-likeness (QED) is 0.120. The van der Waals surface area contributed by atoms with E-state index in [2.05, 4.69) is 21.3 Å². The maximum Gasteiger partial charge on any atom is 0.246 e. The zero-order valence-electron chi connectivity index (χ0n) is 50.1. The van der Waals surface area contributed by atoms with Gasteiger partial charge in [0.15, 0.2) is 23.1 Å². The molecule has 8 N–H and O–H groups in total. The average molecular weight is 1140 g/mol. The monoisotopic (exact) mass is 1140 g/mol. The van der Waals surface area contributed by atoms with E-state index in [1.807, 2.05) is 102 Å². The maximum atomic E-state index is 15.0. The van der Waals surface area contributed by atoms with Gasteiger partial charge in [-0.3, -0.25) is 47.9 Å². The summed E-state index contributed by atoms with van der Waals surface area (Å²) in [6.45, 7) is 15.8. The number of hydrogen-bond donors (Lipinski definition) is 6. The highest BCUT2D eigenvalue weighted by molar-refractivity contribution is 6.00. The smallest absolute Gasteiger partial charge is 0.246 e. The summed E-state index contributed by atoms with van der Waals surface area (Å²) < 4.78 is 0. The van der Waals surface area contributed by atoms with Crippen LogP contribution in [0, 0.1) is 47.3 Å². The summed E-state index contributed by atoms with van der Waals surface area (Å²) in [6, 6.07) is 12.3. The van der Waals surface area contributed by atoms with E-state index in [0.29, 0.717) is 32.1 Å². The fourth-order valence-corrected chi connectivity index (χ4v) is 12.1. The number of nitrogens with one attached hydrogen (secondary N) is 4. The molecule has 3 aliphatic heterocycles. The molecule has 5 rings (SSSR count). The molecular weight excluding hydrogens is 1040 g/mol. The fourth-order valence-electron chi connectivity index (χ4n) is 12.1. The Labute approximate surface area is 486 Å². The number of amides is 6. The minimum atomic E-state index is -1.15. The molecule has 0 aliphatic carbocycles. The predicted octanol–water partition coefficient (Wildman–Crippen LogP) is 5.59. The maximum absolute atomic E-state index is 15.0. The third kappa shape index (κ3) is 19.5. The van der Waals surface area contributed by atoms with E-state index in [4.69, 9.17) is 11.5 Å². The molecular formula is C64H96N8O10. The number of carbonyl (C=O) groups is 10. The van der Waals surface area contributed by atoms with Crippen molar-refractivity contribution in [2.24, 2.45) is 58.8 Å². The summed E-state index contributed by atoms with van der Waals surface area (Å²) in [7, 11) is 0. The van der Waals surface area contributed by atoms with Gasteiger partial charge < -0.3 is 42.5 Å². The Balaban J connectivity index is 1.58.